The first-order valence-corrected chi connectivity index (χ1v) is 9.43. The first-order chi connectivity index (χ1) is 13.8. The van der Waals surface area contributed by atoms with Gasteiger partial charge in [-0.15, -0.1) is 0 Å². The number of carbonyl (C=O) groups is 1. The highest BCUT2D eigenvalue weighted by Crippen LogP contribution is 2.28. The fraction of sp³-hybridized carbons (Fsp3) is 0.333. The topological polar surface area (TPSA) is 46.8 Å². The summed E-state index contributed by atoms with van der Waals surface area (Å²) in [7, 11) is 0. The van der Waals surface area contributed by atoms with Crippen molar-refractivity contribution in [2.45, 2.75) is 12.7 Å². The molecule has 3 rings (SSSR count). The van der Waals surface area contributed by atoms with Crippen molar-refractivity contribution in [3.8, 4) is 0 Å². The highest BCUT2D eigenvalue weighted by Gasteiger charge is 2.31. The Bertz CT molecular complexity index is 915. The zero-order valence-corrected chi connectivity index (χ0v) is 15.9. The van der Waals surface area contributed by atoms with Gasteiger partial charge in [-0.3, -0.25) is 9.59 Å². The summed E-state index contributed by atoms with van der Waals surface area (Å²) in [5.74, 6) is -0.342. The van der Waals surface area contributed by atoms with Crippen LogP contribution in [0.2, 0.25) is 0 Å². The summed E-state index contributed by atoms with van der Waals surface area (Å²) in [4.78, 5) is 27.2. The van der Waals surface area contributed by atoms with Gasteiger partial charge in [-0.1, -0.05) is 36.4 Å². The van der Waals surface area contributed by atoms with Crippen molar-refractivity contribution >= 4 is 12.0 Å². The van der Waals surface area contributed by atoms with Gasteiger partial charge in [-0.2, -0.15) is 13.2 Å². The van der Waals surface area contributed by atoms with E-state index in [9.17, 15) is 22.8 Å². The van der Waals surface area contributed by atoms with E-state index in [0.717, 1.165) is 41.9 Å². The number of carbonyl (C=O) groups excluding carboxylic acids is 1. The molecular weight excluding hydrogens is 383 g/mol. The molecule has 1 amide bonds. The molecule has 1 saturated heterocycles. The lowest BCUT2D eigenvalue weighted by Crippen LogP contribution is -3.14. The number of hydrogen-bond donors (Lipinski definition) is 1. The summed E-state index contributed by atoms with van der Waals surface area (Å²) < 4.78 is 39.3. The molecule has 0 spiro atoms. The first kappa shape index (κ1) is 20.9. The molecule has 2 aromatic rings. The number of benzene rings is 1. The monoisotopic (exact) mass is 406 g/mol. The number of nitrogens with one attached hydrogen (secondary N) is 1. The molecule has 1 aliphatic rings. The van der Waals surface area contributed by atoms with Gasteiger partial charge in [-0.25, -0.2) is 0 Å². The summed E-state index contributed by atoms with van der Waals surface area (Å²) in [5.41, 5.74) is -0.432. The SMILES string of the molecule is O=C(Cn1cc(C(F)(F)F)ccc1=O)N1CC[NH+](C/C=C/c2ccccc2)CC1. The Hall–Kier alpha value is -2.87. The Morgan fingerprint density at radius 1 is 1.07 bits per heavy atom. The van der Waals surface area contributed by atoms with Gasteiger partial charge in [0.05, 0.1) is 38.3 Å². The Labute approximate surface area is 166 Å². The third-order valence-electron chi connectivity index (χ3n) is 4.96. The van der Waals surface area contributed by atoms with Crippen LogP contribution in [0, 0.1) is 0 Å². The molecule has 0 bridgehead atoms. The molecule has 0 aliphatic carbocycles. The number of piperazine rings is 1. The minimum atomic E-state index is -4.55. The normalized spacial score (nSPS) is 15.8. The molecule has 5 nitrogen and oxygen atoms in total. The van der Waals surface area contributed by atoms with E-state index >= 15 is 0 Å². The van der Waals surface area contributed by atoms with E-state index in [2.05, 4.69) is 12.2 Å². The van der Waals surface area contributed by atoms with Crippen LogP contribution in [0.1, 0.15) is 11.1 Å². The maximum Gasteiger partial charge on any atom is 0.417 e. The number of alkyl halides is 3. The number of rotatable bonds is 5. The molecular formula is C21H23F3N3O2+. The van der Waals surface area contributed by atoms with E-state index < -0.39 is 17.3 Å². The number of aromatic nitrogens is 1. The van der Waals surface area contributed by atoms with Crippen LogP contribution in [-0.2, 0) is 17.5 Å². The van der Waals surface area contributed by atoms with Crippen molar-refractivity contribution in [1.29, 1.82) is 0 Å². The molecule has 8 heteroatoms. The number of quaternary nitrogens is 1. The maximum atomic E-state index is 12.8. The molecule has 29 heavy (non-hydrogen) atoms. The van der Waals surface area contributed by atoms with Crippen LogP contribution in [0.5, 0.6) is 0 Å². The molecule has 1 N–H and O–H groups in total. The largest absolute Gasteiger partial charge is 0.417 e. The summed E-state index contributed by atoms with van der Waals surface area (Å²) in [6, 6.07) is 11.5. The van der Waals surface area contributed by atoms with Gasteiger partial charge >= 0.3 is 6.18 Å². The van der Waals surface area contributed by atoms with E-state index in [1.807, 2.05) is 30.3 Å². The second kappa shape index (κ2) is 9.09. The molecule has 0 radical (unpaired) electrons. The Kier molecular flexibility index (Phi) is 6.53. The predicted molar refractivity (Wildman–Crippen MR) is 103 cm³/mol. The minimum Gasteiger partial charge on any atom is -0.330 e. The number of nitrogens with zero attached hydrogens (tertiary/aromatic N) is 2. The van der Waals surface area contributed by atoms with Crippen LogP contribution in [0.3, 0.4) is 0 Å². The van der Waals surface area contributed by atoms with Crippen LogP contribution in [-0.4, -0.2) is 48.1 Å². The number of hydrogen-bond acceptors (Lipinski definition) is 2. The van der Waals surface area contributed by atoms with E-state index in [-0.39, 0.29) is 12.5 Å². The quantitative estimate of drug-likeness (QED) is 0.814. The molecule has 0 atom stereocenters. The van der Waals surface area contributed by atoms with E-state index in [1.54, 1.807) is 4.90 Å². The fourth-order valence-corrected chi connectivity index (χ4v) is 3.27. The van der Waals surface area contributed by atoms with Crippen LogP contribution in [0.15, 0.2) is 59.5 Å². The van der Waals surface area contributed by atoms with Gasteiger partial charge in [-0.05, 0) is 17.7 Å². The molecule has 154 valence electrons. The zero-order valence-electron chi connectivity index (χ0n) is 15.9. The van der Waals surface area contributed by atoms with Gasteiger partial charge in [0.1, 0.15) is 6.54 Å². The maximum absolute atomic E-state index is 12.8. The molecule has 1 aromatic heterocycles. The summed E-state index contributed by atoms with van der Waals surface area (Å²) in [5, 5.41) is 0. The van der Waals surface area contributed by atoms with Crippen molar-refractivity contribution < 1.29 is 22.9 Å². The highest BCUT2D eigenvalue weighted by molar-refractivity contribution is 5.76. The molecule has 1 aliphatic heterocycles. The molecule has 0 saturated carbocycles. The van der Waals surface area contributed by atoms with Crippen LogP contribution < -0.4 is 10.5 Å². The van der Waals surface area contributed by atoms with Crippen molar-refractivity contribution in [3.05, 3.63) is 76.2 Å². The summed E-state index contributed by atoms with van der Waals surface area (Å²) in [6.07, 6.45) is 0.311. The minimum absolute atomic E-state index is 0.342. The van der Waals surface area contributed by atoms with Crippen molar-refractivity contribution in [3.63, 3.8) is 0 Å². The fourth-order valence-electron chi connectivity index (χ4n) is 3.27. The van der Waals surface area contributed by atoms with Crippen molar-refractivity contribution in [2.24, 2.45) is 0 Å². The van der Waals surface area contributed by atoms with Crippen molar-refractivity contribution in [2.75, 3.05) is 32.7 Å². The van der Waals surface area contributed by atoms with Crippen molar-refractivity contribution in [1.82, 2.24) is 9.47 Å². The number of pyridine rings is 1. The lowest BCUT2D eigenvalue weighted by atomic mass is 10.2. The average Bonchev–Trinajstić information content (AvgIpc) is 2.70. The Balaban J connectivity index is 1.51. The third-order valence-corrected chi connectivity index (χ3v) is 4.96. The number of amides is 1. The second-order valence-electron chi connectivity index (χ2n) is 7.03. The smallest absolute Gasteiger partial charge is 0.330 e. The van der Waals surface area contributed by atoms with Crippen LogP contribution >= 0.6 is 0 Å². The summed E-state index contributed by atoms with van der Waals surface area (Å²) >= 11 is 0. The summed E-state index contributed by atoms with van der Waals surface area (Å²) in [6.45, 7) is 2.99. The lowest BCUT2D eigenvalue weighted by molar-refractivity contribution is -0.898. The molecule has 0 unspecified atom stereocenters. The van der Waals surface area contributed by atoms with Gasteiger partial charge in [0, 0.05) is 12.3 Å². The number of halogens is 3. The van der Waals surface area contributed by atoms with Crippen LogP contribution in [0.4, 0.5) is 13.2 Å². The van der Waals surface area contributed by atoms with E-state index in [4.69, 9.17) is 0 Å². The zero-order chi connectivity index (χ0) is 20.9. The molecule has 1 fully saturated rings. The van der Waals surface area contributed by atoms with Gasteiger partial charge in [0.2, 0.25) is 5.91 Å². The van der Waals surface area contributed by atoms with Gasteiger partial charge in [0.25, 0.3) is 5.56 Å². The van der Waals surface area contributed by atoms with E-state index in [1.165, 1.54) is 4.90 Å². The predicted octanol–water partition coefficient (Wildman–Crippen LogP) is 1.31. The molecule has 2 heterocycles. The first-order valence-electron chi connectivity index (χ1n) is 9.43. The second-order valence-corrected chi connectivity index (χ2v) is 7.03. The third kappa shape index (κ3) is 5.80. The Morgan fingerprint density at radius 3 is 2.41 bits per heavy atom. The highest BCUT2D eigenvalue weighted by atomic mass is 19.4. The Morgan fingerprint density at radius 2 is 1.76 bits per heavy atom. The standard InChI is InChI=1S/C21H22F3N3O2/c22-21(23,24)18-8-9-19(28)27(15-18)16-20(29)26-13-11-25(12-14-26)10-4-7-17-5-2-1-3-6-17/h1-9,15H,10-14,16H2/p+1/b7-4+. The van der Waals surface area contributed by atoms with Gasteiger partial charge in [0.15, 0.2) is 0 Å². The lowest BCUT2D eigenvalue weighted by Gasteiger charge is -2.31. The average molecular weight is 406 g/mol. The van der Waals surface area contributed by atoms with Crippen LogP contribution in [0.25, 0.3) is 6.08 Å². The van der Waals surface area contributed by atoms with Gasteiger partial charge < -0.3 is 14.4 Å². The van der Waals surface area contributed by atoms with E-state index in [0.29, 0.717) is 19.3 Å². The molecule has 1 aromatic carbocycles.